The Kier molecular flexibility index (Phi) is 6.49. The molecule has 4 heterocycles. The molecule has 7 nitrogen and oxygen atoms in total. The van der Waals surface area contributed by atoms with E-state index in [4.69, 9.17) is 4.52 Å². The molecule has 1 aliphatic rings. The molecule has 0 radical (unpaired) electrons. The first-order valence-electron chi connectivity index (χ1n) is 11.2. The van der Waals surface area contributed by atoms with Crippen molar-refractivity contribution in [3.63, 3.8) is 0 Å². The van der Waals surface area contributed by atoms with E-state index in [1.807, 2.05) is 49.5 Å². The van der Waals surface area contributed by atoms with E-state index < -0.39 is 0 Å². The number of unbranched alkanes of at least 4 members (excludes halogenated alkanes) is 1. The smallest absolute Gasteiger partial charge is 0.272 e. The fraction of sp³-hybridized carbons (Fsp3) is 0.500. The molecule has 31 heavy (non-hydrogen) atoms. The van der Waals surface area contributed by atoms with Crippen molar-refractivity contribution in [2.24, 2.45) is 0 Å². The number of carbonyl (C=O) groups is 1. The summed E-state index contributed by atoms with van der Waals surface area (Å²) in [7, 11) is 0. The first kappa shape index (κ1) is 21.3. The van der Waals surface area contributed by atoms with Gasteiger partial charge in [-0.25, -0.2) is 4.98 Å². The molecule has 0 spiro atoms. The van der Waals surface area contributed by atoms with Gasteiger partial charge in [-0.1, -0.05) is 24.6 Å². The number of carbonyl (C=O) groups excluding carboxylic acids is 1. The van der Waals surface area contributed by atoms with Gasteiger partial charge in [-0.05, 0) is 51.2 Å². The van der Waals surface area contributed by atoms with Crippen molar-refractivity contribution in [1.29, 1.82) is 0 Å². The van der Waals surface area contributed by atoms with Crippen molar-refractivity contribution < 1.29 is 9.32 Å². The zero-order valence-electron chi connectivity index (χ0n) is 18.7. The Morgan fingerprint density at radius 1 is 1.19 bits per heavy atom. The maximum absolute atomic E-state index is 12.9. The molecule has 1 fully saturated rings. The van der Waals surface area contributed by atoms with Gasteiger partial charge in [-0.15, -0.1) is 0 Å². The van der Waals surface area contributed by atoms with Crippen LogP contribution in [0.2, 0.25) is 0 Å². The number of likely N-dealkylation sites (tertiary alicyclic amines) is 1. The van der Waals surface area contributed by atoms with E-state index in [-0.39, 0.29) is 5.91 Å². The Morgan fingerprint density at radius 3 is 2.65 bits per heavy atom. The highest BCUT2D eigenvalue weighted by atomic mass is 16.5. The largest absolute Gasteiger partial charge is 0.361 e. The number of pyridine rings is 1. The summed E-state index contributed by atoms with van der Waals surface area (Å²) in [6.07, 6.45) is 10.8. The van der Waals surface area contributed by atoms with Crippen LogP contribution in [0.25, 0.3) is 0 Å². The molecule has 164 valence electrons. The van der Waals surface area contributed by atoms with Gasteiger partial charge >= 0.3 is 0 Å². The van der Waals surface area contributed by atoms with Gasteiger partial charge in [0.1, 0.15) is 17.3 Å². The van der Waals surface area contributed by atoms with Gasteiger partial charge in [-0.3, -0.25) is 9.78 Å². The lowest BCUT2D eigenvalue weighted by atomic mass is 9.95. The molecule has 3 aromatic heterocycles. The summed E-state index contributed by atoms with van der Waals surface area (Å²) < 4.78 is 7.49. The predicted octanol–water partition coefficient (Wildman–Crippen LogP) is 4.29. The van der Waals surface area contributed by atoms with Crippen molar-refractivity contribution in [3.05, 3.63) is 64.8 Å². The minimum Gasteiger partial charge on any atom is -0.361 e. The SMILES string of the molecule is CCCCc1ccc(C(=O)N2CCC(c3nccn3Cc3c(C)noc3C)CC2)nc1. The van der Waals surface area contributed by atoms with Crippen molar-refractivity contribution in [1.82, 2.24) is 24.6 Å². The summed E-state index contributed by atoms with van der Waals surface area (Å²) >= 11 is 0. The Balaban J connectivity index is 1.37. The van der Waals surface area contributed by atoms with Crippen LogP contribution in [-0.2, 0) is 13.0 Å². The molecule has 0 atom stereocenters. The maximum atomic E-state index is 12.9. The molecule has 1 saturated heterocycles. The lowest BCUT2D eigenvalue weighted by molar-refractivity contribution is 0.0704. The fourth-order valence-electron chi connectivity index (χ4n) is 4.29. The molecule has 0 bridgehead atoms. The van der Waals surface area contributed by atoms with E-state index >= 15 is 0 Å². The number of nitrogens with zero attached hydrogens (tertiary/aromatic N) is 5. The first-order chi connectivity index (χ1) is 15.1. The lowest BCUT2D eigenvalue weighted by Gasteiger charge is -2.31. The van der Waals surface area contributed by atoms with Crippen LogP contribution in [0.5, 0.6) is 0 Å². The van der Waals surface area contributed by atoms with Crippen LogP contribution in [0.1, 0.15) is 77.4 Å². The highest BCUT2D eigenvalue weighted by molar-refractivity contribution is 5.92. The number of rotatable bonds is 7. The van der Waals surface area contributed by atoms with E-state index in [1.165, 1.54) is 5.56 Å². The van der Waals surface area contributed by atoms with Crippen molar-refractivity contribution >= 4 is 5.91 Å². The standard InChI is InChI=1S/C24H31N5O2/c1-4-5-6-19-7-8-22(26-15-19)24(30)28-12-9-20(10-13-28)23-25-11-14-29(23)16-21-17(2)27-31-18(21)3/h7-8,11,14-15,20H,4-6,9-10,12-13,16H2,1-3H3. The quantitative estimate of drug-likeness (QED) is 0.569. The van der Waals surface area contributed by atoms with Gasteiger partial charge < -0.3 is 14.0 Å². The summed E-state index contributed by atoms with van der Waals surface area (Å²) in [4.78, 5) is 23.9. The molecule has 4 rings (SSSR count). The van der Waals surface area contributed by atoms with Crippen LogP contribution >= 0.6 is 0 Å². The lowest BCUT2D eigenvalue weighted by Crippen LogP contribution is -2.38. The van der Waals surface area contributed by atoms with Crippen LogP contribution in [-0.4, -0.2) is 43.6 Å². The normalized spacial score (nSPS) is 14.9. The predicted molar refractivity (Wildman–Crippen MR) is 118 cm³/mol. The molecule has 0 saturated carbocycles. The van der Waals surface area contributed by atoms with Gasteiger partial charge in [0, 0.05) is 43.2 Å². The zero-order chi connectivity index (χ0) is 21.8. The fourth-order valence-corrected chi connectivity index (χ4v) is 4.29. The average Bonchev–Trinajstić information content (AvgIpc) is 3.39. The highest BCUT2D eigenvalue weighted by Gasteiger charge is 2.28. The molecular formula is C24H31N5O2. The third kappa shape index (κ3) is 4.70. The summed E-state index contributed by atoms with van der Waals surface area (Å²) in [5.41, 5.74) is 3.77. The molecule has 1 aliphatic heterocycles. The monoisotopic (exact) mass is 421 g/mol. The number of hydrogen-bond acceptors (Lipinski definition) is 5. The maximum Gasteiger partial charge on any atom is 0.272 e. The summed E-state index contributed by atoms with van der Waals surface area (Å²) in [6.45, 7) is 8.25. The second-order valence-electron chi connectivity index (χ2n) is 8.44. The van der Waals surface area contributed by atoms with E-state index in [1.54, 1.807) is 0 Å². The third-order valence-corrected chi connectivity index (χ3v) is 6.27. The zero-order valence-corrected chi connectivity index (χ0v) is 18.7. The van der Waals surface area contributed by atoms with Crippen LogP contribution in [0, 0.1) is 13.8 Å². The number of amides is 1. The molecule has 3 aromatic rings. The second kappa shape index (κ2) is 9.45. The molecule has 0 aliphatic carbocycles. The Hall–Kier alpha value is -2.96. The number of imidazole rings is 1. The average molecular weight is 422 g/mol. The molecule has 0 unspecified atom stereocenters. The van der Waals surface area contributed by atoms with Crippen molar-refractivity contribution in [3.8, 4) is 0 Å². The van der Waals surface area contributed by atoms with E-state index in [0.29, 0.717) is 18.2 Å². The number of hydrogen-bond donors (Lipinski definition) is 0. The van der Waals surface area contributed by atoms with Crippen molar-refractivity contribution in [2.75, 3.05) is 13.1 Å². The topological polar surface area (TPSA) is 77.0 Å². The Labute approximate surface area is 183 Å². The van der Waals surface area contributed by atoms with E-state index in [0.717, 1.165) is 68.0 Å². The first-order valence-corrected chi connectivity index (χ1v) is 11.2. The second-order valence-corrected chi connectivity index (χ2v) is 8.44. The highest BCUT2D eigenvalue weighted by Crippen LogP contribution is 2.28. The van der Waals surface area contributed by atoms with Gasteiger partial charge in [0.25, 0.3) is 5.91 Å². The van der Waals surface area contributed by atoms with Crippen LogP contribution < -0.4 is 0 Å². The van der Waals surface area contributed by atoms with Crippen LogP contribution in [0.15, 0.2) is 35.2 Å². The number of piperidine rings is 1. The van der Waals surface area contributed by atoms with Gasteiger partial charge in [-0.2, -0.15) is 0 Å². The van der Waals surface area contributed by atoms with Gasteiger partial charge in [0.15, 0.2) is 0 Å². The molecule has 7 heteroatoms. The van der Waals surface area contributed by atoms with Crippen molar-refractivity contribution in [2.45, 2.75) is 65.3 Å². The van der Waals surface area contributed by atoms with Crippen LogP contribution in [0.4, 0.5) is 0 Å². The third-order valence-electron chi connectivity index (χ3n) is 6.27. The minimum absolute atomic E-state index is 0.0274. The summed E-state index contributed by atoms with van der Waals surface area (Å²) in [6, 6.07) is 3.91. The summed E-state index contributed by atoms with van der Waals surface area (Å²) in [5, 5.41) is 4.06. The van der Waals surface area contributed by atoms with Crippen LogP contribution in [0.3, 0.4) is 0 Å². The van der Waals surface area contributed by atoms with E-state index in [2.05, 4.69) is 26.6 Å². The minimum atomic E-state index is 0.0274. The number of aryl methyl sites for hydroxylation is 3. The van der Waals surface area contributed by atoms with Gasteiger partial charge in [0.05, 0.1) is 12.2 Å². The summed E-state index contributed by atoms with van der Waals surface area (Å²) in [5.74, 6) is 2.29. The Morgan fingerprint density at radius 2 is 2.00 bits per heavy atom. The van der Waals surface area contributed by atoms with Gasteiger partial charge in [0.2, 0.25) is 0 Å². The van der Waals surface area contributed by atoms with E-state index in [9.17, 15) is 4.79 Å². The number of aromatic nitrogens is 4. The Bertz CT molecular complexity index is 994. The molecule has 1 amide bonds. The molecule has 0 aromatic carbocycles. The molecule has 0 N–H and O–H groups in total. The molecular weight excluding hydrogens is 390 g/mol.